The van der Waals surface area contributed by atoms with Crippen molar-refractivity contribution in [2.75, 3.05) is 11.9 Å². The van der Waals surface area contributed by atoms with Crippen molar-refractivity contribution in [1.82, 2.24) is 10.0 Å². The Kier molecular flexibility index (Phi) is 8.54. The summed E-state index contributed by atoms with van der Waals surface area (Å²) >= 11 is 8.53. The molecule has 0 spiro atoms. The van der Waals surface area contributed by atoms with E-state index in [-0.39, 0.29) is 10.0 Å². The van der Waals surface area contributed by atoms with Crippen molar-refractivity contribution in [3.63, 3.8) is 0 Å². The normalized spacial score (nSPS) is 11.0. The minimum Gasteiger partial charge on any atom is -0.492 e. The quantitative estimate of drug-likeness (QED) is 0.472. The van der Waals surface area contributed by atoms with E-state index in [0.717, 1.165) is 6.92 Å². The van der Waals surface area contributed by atoms with Gasteiger partial charge >= 0.3 is 0 Å². The van der Waals surface area contributed by atoms with E-state index in [0.29, 0.717) is 34.0 Å². The number of amides is 2. The van der Waals surface area contributed by atoms with Gasteiger partial charge in [-0.05, 0) is 60.6 Å². The van der Waals surface area contributed by atoms with Gasteiger partial charge < -0.3 is 10.1 Å². The van der Waals surface area contributed by atoms with Gasteiger partial charge in [0.1, 0.15) is 5.75 Å². The molecule has 0 heterocycles. The number of rotatable bonds is 7. The first-order valence-electron chi connectivity index (χ1n) is 9.16. The third kappa shape index (κ3) is 7.60. The molecule has 0 aromatic heterocycles. The maximum atomic E-state index is 12.7. The third-order valence-corrected chi connectivity index (χ3v) is 5.83. The Morgan fingerprint density at radius 1 is 1.13 bits per heavy atom. The maximum Gasteiger partial charge on any atom is 0.264 e. The second-order valence-electron chi connectivity index (χ2n) is 6.94. The lowest BCUT2D eigenvalue weighted by atomic mass is 10.2. The van der Waals surface area contributed by atoms with Crippen LogP contribution in [0.3, 0.4) is 0 Å². The van der Waals surface area contributed by atoms with Gasteiger partial charge in [0.25, 0.3) is 15.9 Å². The summed E-state index contributed by atoms with van der Waals surface area (Å²) in [7, 11) is -3.93. The standard InChI is InChI=1S/C20H22BrN3O5S2/c1-12(2)11-29-18-9-4-14(21)10-17(18)19(26)23-20(30)22-15-5-7-16(8-6-15)31(27,28)24-13(3)25/h4-10,12H,11H2,1-3H3,(H,24,25)(H2,22,23,26,30). The minimum atomic E-state index is -3.93. The second kappa shape index (κ2) is 10.7. The van der Waals surface area contributed by atoms with Crippen molar-refractivity contribution < 1.29 is 22.7 Å². The number of thiocarbonyl (C=S) groups is 1. The largest absolute Gasteiger partial charge is 0.492 e. The Balaban J connectivity index is 2.07. The Morgan fingerprint density at radius 2 is 1.77 bits per heavy atom. The van der Waals surface area contributed by atoms with Crippen molar-refractivity contribution in [1.29, 1.82) is 0 Å². The van der Waals surface area contributed by atoms with Crippen LogP contribution in [-0.2, 0) is 14.8 Å². The van der Waals surface area contributed by atoms with Gasteiger partial charge in [-0.3, -0.25) is 14.9 Å². The number of carbonyl (C=O) groups excluding carboxylic acids is 2. The van der Waals surface area contributed by atoms with E-state index < -0.39 is 21.8 Å². The number of nitrogens with one attached hydrogen (secondary N) is 3. The Morgan fingerprint density at radius 3 is 2.35 bits per heavy atom. The van der Waals surface area contributed by atoms with Crippen LogP contribution in [0.2, 0.25) is 0 Å². The summed E-state index contributed by atoms with van der Waals surface area (Å²) in [6, 6.07) is 10.7. The molecule has 2 aromatic carbocycles. The molecule has 11 heteroatoms. The highest BCUT2D eigenvalue weighted by atomic mass is 79.9. The van der Waals surface area contributed by atoms with Gasteiger partial charge in [0.2, 0.25) is 5.91 Å². The van der Waals surface area contributed by atoms with Crippen LogP contribution in [0.1, 0.15) is 31.1 Å². The molecule has 0 aliphatic rings. The molecular formula is C20H22BrN3O5S2. The van der Waals surface area contributed by atoms with Crippen LogP contribution in [0.15, 0.2) is 51.8 Å². The molecule has 0 saturated heterocycles. The fourth-order valence-electron chi connectivity index (χ4n) is 2.36. The van der Waals surface area contributed by atoms with Crippen molar-refractivity contribution in [2.45, 2.75) is 25.7 Å². The molecule has 0 aliphatic heterocycles. The lowest BCUT2D eigenvalue weighted by Crippen LogP contribution is -2.34. The third-order valence-electron chi connectivity index (χ3n) is 3.69. The van der Waals surface area contributed by atoms with E-state index in [4.69, 9.17) is 17.0 Å². The Bertz CT molecular complexity index is 1090. The summed E-state index contributed by atoms with van der Waals surface area (Å²) in [5.74, 6) is -0.415. The van der Waals surface area contributed by atoms with Crippen molar-refractivity contribution >= 4 is 60.8 Å². The summed E-state index contributed by atoms with van der Waals surface area (Å²) in [4.78, 5) is 23.6. The van der Waals surface area contributed by atoms with Crippen molar-refractivity contribution in [2.24, 2.45) is 5.92 Å². The molecule has 0 aliphatic carbocycles. The molecule has 3 N–H and O–H groups in total. The van der Waals surface area contributed by atoms with Crippen LogP contribution < -0.4 is 20.1 Å². The van der Waals surface area contributed by atoms with E-state index >= 15 is 0 Å². The first-order chi connectivity index (χ1) is 14.5. The SMILES string of the molecule is CC(=O)NS(=O)(=O)c1ccc(NC(=S)NC(=O)c2cc(Br)ccc2OCC(C)C)cc1. The average Bonchev–Trinajstić information content (AvgIpc) is 2.66. The summed E-state index contributed by atoms with van der Waals surface area (Å²) in [5.41, 5.74) is 0.772. The minimum absolute atomic E-state index is 0.0252. The van der Waals surface area contributed by atoms with Crippen molar-refractivity contribution in [3.05, 3.63) is 52.5 Å². The maximum absolute atomic E-state index is 12.7. The molecule has 8 nitrogen and oxygen atoms in total. The summed E-state index contributed by atoms with van der Waals surface area (Å²) in [5, 5.41) is 5.41. The molecule has 166 valence electrons. The number of ether oxygens (including phenoxy) is 1. The van der Waals surface area contributed by atoms with E-state index in [2.05, 4.69) is 26.6 Å². The Labute approximate surface area is 194 Å². The van der Waals surface area contributed by atoms with Crippen LogP contribution in [0, 0.1) is 5.92 Å². The van der Waals surface area contributed by atoms with Gasteiger partial charge in [-0.1, -0.05) is 29.8 Å². The average molecular weight is 528 g/mol. The van der Waals surface area contributed by atoms with Gasteiger partial charge in [-0.15, -0.1) is 0 Å². The highest BCUT2D eigenvalue weighted by Crippen LogP contribution is 2.24. The van der Waals surface area contributed by atoms with Gasteiger partial charge in [0.15, 0.2) is 5.11 Å². The molecule has 0 radical (unpaired) electrons. The molecule has 0 bridgehead atoms. The molecule has 0 unspecified atom stereocenters. The first kappa shape index (κ1) is 24.8. The molecule has 0 fully saturated rings. The highest BCUT2D eigenvalue weighted by molar-refractivity contribution is 9.10. The van der Waals surface area contributed by atoms with Gasteiger partial charge in [-0.25, -0.2) is 13.1 Å². The first-order valence-corrected chi connectivity index (χ1v) is 11.8. The molecule has 0 saturated carbocycles. The number of hydrogen-bond acceptors (Lipinski definition) is 6. The summed E-state index contributed by atoms with van der Waals surface area (Å²) < 4.78 is 32.3. The van der Waals surface area contributed by atoms with E-state index in [1.165, 1.54) is 24.3 Å². The van der Waals surface area contributed by atoms with Crippen LogP contribution in [0.5, 0.6) is 5.75 Å². The highest BCUT2D eigenvalue weighted by Gasteiger charge is 2.17. The predicted molar refractivity (Wildman–Crippen MR) is 126 cm³/mol. The molecular weight excluding hydrogens is 506 g/mol. The zero-order valence-electron chi connectivity index (χ0n) is 17.1. The lowest BCUT2D eigenvalue weighted by molar-refractivity contribution is -0.117. The molecule has 2 amide bonds. The molecule has 0 atom stereocenters. The van der Waals surface area contributed by atoms with Gasteiger partial charge in [0.05, 0.1) is 17.1 Å². The number of hydrogen-bond donors (Lipinski definition) is 3. The number of benzene rings is 2. The second-order valence-corrected chi connectivity index (χ2v) is 9.95. The van der Waals surface area contributed by atoms with Crippen LogP contribution in [0.25, 0.3) is 0 Å². The zero-order valence-corrected chi connectivity index (χ0v) is 20.3. The summed E-state index contributed by atoms with van der Waals surface area (Å²) in [6.45, 7) is 5.58. The molecule has 2 aromatic rings. The smallest absolute Gasteiger partial charge is 0.264 e. The zero-order chi connectivity index (χ0) is 23.2. The van der Waals surface area contributed by atoms with Crippen molar-refractivity contribution in [3.8, 4) is 5.75 Å². The molecule has 31 heavy (non-hydrogen) atoms. The molecule has 2 rings (SSSR count). The van der Waals surface area contributed by atoms with Gasteiger partial charge in [-0.2, -0.15) is 0 Å². The topological polar surface area (TPSA) is 114 Å². The van der Waals surface area contributed by atoms with Crippen LogP contribution in [-0.4, -0.2) is 32.0 Å². The fraction of sp³-hybridized carbons (Fsp3) is 0.250. The number of sulfonamides is 1. The number of carbonyl (C=O) groups is 2. The fourth-order valence-corrected chi connectivity index (χ4v) is 3.92. The van der Waals surface area contributed by atoms with E-state index in [1.807, 2.05) is 18.6 Å². The van der Waals surface area contributed by atoms with E-state index in [9.17, 15) is 18.0 Å². The van der Waals surface area contributed by atoms with E-state index in [1.54, 1.807) is 18.2 Å². The summed E-state index contributed by atoms with van der Waals surface area (Å²) in [6.07, 6.45) is 0. The predicted octanol–water partition coefficient (Wildman–Crippen LogP) is 3.44. The van der Waals surface area contributed by atoms with Crippen LogP contribution in [0.4, 0.5) is 5.69 Å². The Hall–Kier alpha value is -2.50. The van der Waals surface area contributed by atoms with Crippen LogP contribution >= 0.6 is 28.1 Å². The monoisotopic (exact) mass is 527 g/mol. The number of anilines is 1. The van der Waals surface area contributed by atoms with Gasteiger partial charge in [0, 0.05) is 17.1 Å². The lowest BCUT2D eigenvalue weighted by Gasteiger charge is -2.15. The number of halogens is 1.